The monoisotopic (exact) mass is 414 g/mol. The van der Waals surface area contributed by atoms with Gasteiger partial charge in [-0.25, -0.2) is 4.79 Å². The molecule has 128 valence electrons. The molecule has 4 heteroatoms. The van der Waals surface area contributed by atoms with E-state index in [9.17, 15) is 4.79 Å². The van der Waals surface area contributed by atoms with E-state index in [4.69, 9.17) is 10.2 Å². The summed E-state index contributed by atoms with van der Waals surface area (Å²) in [5, 5.41) is 17.7. The first-order valence-corrected chi connectivity index (χ1v) is 9.09. The van der Waals surface area contributed by atoms with Crippen LogP contribution < -0.4 is 0 Å². The molecule has 0 aromatic heterocycles. The molecule has 1 unspecified atom stereocenters. The van der Waals surface area contributed by atoms with Gasteiger partial charge >= 0.3 is 5.97 Å². The summed E-state index contributed by atoms with van der Waals surface area (Å²) in [4.78, 5) is 10.4. The van der Waals surface area contributed by atoms with E-state index in [0.29, 0.717) is 6.42 Å². The van der Waals surface area contributed by atoms with Crippen LogP contribution in [0.1, 0.15) is 103 Å². The Morgan fingerprint density at radius 3 is 1.36 bits per heavy atom. The predicted molar refractivity (Wildman–Crippen MR) is 88.6 cm³/mol. The van der Waals surface area contributed by atoms with Crippen molar-refractivity contribution < 1.29 is 42.3 Å². The Hall–Kier alpha value is 0.352. The zero-order valence-electron chi connectivity index (χ0n) is 14.7. The number of rotatable bonds is 16. The molecule has 0 amide bonds. The largest absolute Gasteiger partial charge is 0.479 e. The first kappa shape index (κ1) is 24.6. The maximum absolute atomic E-state index is 10.4. The number of carbonyl (C=O) groups is 1. The van der Waals surface area contributed by atoms with Crippen LogP contribution in [0.25, 0.3) is 0 Å². The second-order valence-corrected chi connectivity index (χ2v) is 6.24. The van der Waals surface area contributed by atoms with E-state index in [1.807, 2.05) is 0 Å². The molecule has 22 heavy (non-hydrogen) atoms. The van der Waals surface area contributed by atoms with Crippen molar-refractivity contribution in [1.82, 2.24) is 0 Å². The van der Waals surface area contributed by atoms with Gasteiger partial charge in [0.2, 0.25) is 0 Å². The van der Waals surface area contributed by atoms with Gasteiger partial charge in [0.05, 0.1) is 0 Å². The van der Waals surface area contributed by atoms with Crippen molar-refractivity contribution in [1.29, 1.82) is 0 Å². The molecule has 0 aromatic carbocycles. The standard InChI is InChI=1S/C18H36O3.Cd/c1-2-3-4-5-6-7-8-9-10-11-12-13-14-15-16-17(19)18(20)21;/h17,19H,2-16H2,1H3,(H,20,21);. The molecule has 0 fully saturated rings. The van der Waals surface area contributed by atoms with Crippen molar-refractivity contribution in [2.75, 3.05) is 0 Å². The van der Waals surface area contributed by atoms with Gasteiger partial charge in [0.15, 0.2) is 6.10 Å². The van der Waals surface area contributed by atoms with E-state index in [-0.39, 0.29) is 27.3 Å². The molecule has 0 saturated carbocycles. The topological polar surface area (TPSA) is 57.5 Å². The van der Waals surface area contributed by atoms with Crippen LogP contribution in [0.4, 0.5) is 0 Å². The fraction of sp³-hybridized carbons (Fsp3) is 0.944. The molecular formula is C18H36CdO3. The van der Waals surface area contributed by atoms with Crippen molar-refractivity contribution in [2.45, 2.75) is 109 Å². The van der Waals surface area contributed by atoms with Crippen LogP contribution in [0.2, 0.25) is 0 Å². The van der Waals surface area contributed by atoms with Crippen molar-refractivity contribution in [3.05, 3.63) is 0 Å². The summed E-state index contributed by atoms with van der Waals surface area (Å²) < 4.78 is 0. The van der Waals surface area contributed by atoms with E-state index in [2.05, 4.69) is 6.92 Å². The molecule has 3 nitrogen and oxygen atoms in total. The molecule has 0 aromatic rings. The second kappa shape index (κ2) is 19.4. The van der Waals surface area contributed by atoms with Gasteiger partial charge in [-0.2, -0.15) is 0 Å². The molecule has 0 saturated heterocycles. The summed E-state index contributed by atoms with van der Waals surface area (Å²) in [5.74, 6) is -1.09. The van der Waals surface area contributed by atoms with Crippen molar-refractivity contribution >= 4 is 5.97 Å². The number of aliphatic carboxylic acids is 1. The molecule has 1 atom stereocenters. The van der Waals surface area contributed by atoms with E-state index in [1.165, 1.54) is 77.0 Å². The number of hydrogen-bond acceptors (Lipinski definition) is 2. The average Bonchev–Trinajstić information content (AvgIpc) is 2.47. The van der Waals surface area contributed by atoms with Gasteiger partial charge in [-0.1, -0.05) is 96.8 Å². The van der Waals surface area contributed by atoms with Gasteiger partial charge in [-0.05, 0) is 6.42 Å². The molecule has 0 aliphatic carbocycles. The summed E-state index contributed by atoms with van der Waals surface area (Å²) in [7, 11) is 0. The van der Waals surface area contributed by atoms with Gasteiger partial charge in [0.1, 0.15) is 0 Å². The molecule has 0 bridgehead atoms. The van der Waals surface area contributed by atoms with Gasteiger partial charge in [0.25, 0.3) is 0 Å². The summed E-state index contributed by atoms with van der Waals surface area (Å²) in [5.41, 5.74) is 0. The Morgan fingerprint density at radius 1 is 0.727 bits per heavy atom. The van der Waals surface area contributed by atoms with Crippen LogP contribution >= 0.6 is 0 Å². The van der Waals surface area contributed by atoms with Gasteiger partial charge in [0, 0.05) is 27.3 Å². The fourth-order valence-electron chi connectivity index (χ4n) is 2.66. The summed E-state index contributed by atoms with van der Waals surface area (Å²) >= 11 is 0. The van der Waals surface area contributed by atoms with Crippen molar-refractivity contribution in [3.63, 3.8) is 0 Å². The van der Waals surface area contributed by atoms with E-state index >= 15 is 0 Å². The molecule has 0 aliphatic rings. The number of aliphatic hydroxyl groups is 1. The van der Waals surface area contributed by atoms with Gasteiger partial charge in [-0.3, -0.25) is 0 Å². The maximum atomic E-state index is 10.4. The Kier molecular flexibility index (Phi) is 21.7. The van der Waals surface area contributed by atoms with Crippen LogP contribution in [-0.4, -0.2) is 22.3 Å². The number of carboxylic acid groups (broad SMARTS) is 1. The number of aliphatic hydroxyl groups excluding tert-OH is 1. The first-order chi connectivity index (χ1) is 10.2. The van der Waals surface area contributed by atoms with E-state index < -0.39 is 12.1 Å². The third kappa shape index (κ3) is 18.4. The number of hydrogen-bond donors (Lipinski definition) is 2. The minimum atomic E-state index is -1.16. The molecule has 0 spiro atoms. The SMILES string of the molecule is CCCCCCCCCCCCCCCCC(O)C(=O)O.[Cd]. The zero-order valence-corrected chi connectivity index (χ0v) is 18.7. The molecule has 0 heterocycles. The summed E-state index contributed by atoms with van der Waals surface area (Å²) in [6, 6.07) is 0. The third-order valence-electron chi connectivity index (χ3n) is 4.12. The molecule has 0 aliphatic heterocycles. The van der Waals surface area contributed by atoms with Crippen LogP contribution in [0, 0.1) is 0 Å². The van der Waals surface area contributed by atoms with E-state index in [0.717, 1.165) is 12.8 Å². The maximum Gasteiger partial charge on any atom is 0.332 e. The predicted octanol–water partition coefficient (Wildman–Crippen LogP) is 5.30. The first-order valence-electron chi connectivity index (χ1n) is 9.09. The van der Waals surface area contributed by atoms with Crippen LogP contribution in [0.15, 0.2) is 0 Å². The average molecular weight is 413 g/mol. The Bertz CT molecular complexity index is 234. The quantitative estimate of drug-likeness (QED) is 0.267. The smallest absolute Gasteiger partial charge is 0.332 e. The molecule has 2 N–H and O–H groups in total. The van der Waals surface area contributed by atoms with Crippen molar-refractivity contribution in [2.24, 2.45) is 0 Å². The van der Waals surface area contributed by atoms with Crippen molar-refractivity contribution in [3.8, 4) is 0 Å². The summed E-state index contributed by atoms with van der Waals surface area (Å²) in [6.45, 7) is 2.26. The minimum Gasteiger partial charge on any atom is -0.479 e. The molecule has 0 radical (unpaired) electrons. The Morgan fingerprint density at radius 2 is 1.05 bits per heavy atom. The van der Waals surface area contributed by atoms with Crippen LogP contribution in [-0.2, 0) is 32.1 Å². The number of unbranched alkanes of at least 4 members (excludes halogenated alkanes) is 13. The van der Waals surface area contributed by atoms with Gasteiger partial charge < -0.3 is 10.2 Å². The number of carboxylic acids is 1. The Labute approximate surface area is 157 Å². The third-order valence-corrected chi connectivity index (χ3v) is 4.12. The molecular weight excluding hydrogens is 377 g/mol. The minimum absolute atomic E-state index is 0. The summed E-state index contributed by atoms with van der Waals surface area (Å²) in [6.07, 6.45) is 17.3. The van der Waals surface area contributed by atoms with Crippen LogP contribution in [0.3, 0.4) is 0 Å². The Balaban J connectivity index is 0. The zero-order chi connectivity index (χ0) is 15.8. The van der Waals surface area contributed by atoms with Gasteiger partial charge in [-0.15, -0.1) is 0 Å². The van der Waals surface area contributed by atoms with Crippen LogP contribution in [0.5, 0.6) is 0 Å². The second-order valence-electron chi connectivity index (χ2n) is 6.24. The fourth-order valence-corrected chi connectivity index (χ4v) is 2.66. The normalized spacial score (nSPS) is 11.9. The molecule has 0 rings (SSSR count). The van der Waals surface area contributed by atoms with E-state index in [1.54, 1.807) is 0 Å².